The van der Waals surface area contributed by atoms with Crippen LogP contribution in [0.1, 0.15) is 30.3 Å². The summed E-state index contributed by atoms with van der Waals surface area (Å²) in [5.41, 5.74) is 1.89. The summed E-state index contributed by atoms with van der Waals surface area (Å²) in [6.45, 7) is 2.86. The highest BCUT2D eigenvalue weighted by molar-refractivity contribution is 7.18. The van der Waals surface area contributed by atoms with Crippen LogP contribution < -0.4 is 0 Å². The molecule has 0 aliphatic carbocycles. The number of esters is 1. The topological polar surface area (TPSA) is 72.4 Å². The molecule has 0 aliphatic heterocycles. The highest BCUT2D eigenvalue weighted by Gasteiger charge is 2.17. The van der Waals surface area contributed by atoms with E-state index in [9.17, 15) is 9.59 Å². The summed E-state index contributed by atoms with van der Waals surface area (Å²) in [5.74, 6) is -0.301. The Hall–Kier alpha value is -2.80. The molecule has 0 fully saturated rings. The minimum Gasteiger partial charge on any atom is -0.466 e. The van der Waals surface area contributed by atoms with Crippen LogP contribution in [0.15, 0.2) is 48.8 Å². The normalized spacial score (nSPS) is 10.8. The van der Waals surface area contributed by atoms with E-state index in [2.05, 4.69) is 9.97 Å². The Kier molecular flexibility index (Phi) is 7.08. The number of benzene rings is 1. The first-order chi connectivity index (χ1) is 13.7. The van der Waals surface area contributed by atoms with Crippen molar-refractivity contribution in [2.45, 2.75) is 32.7 Å². The Morgan fingerprint density at radius 1 is 1.14 bits per heavy atom. The van der Waals surface area contributed by atoms with Gasteiger partial charge in [0.05, 0.1) is 28.3 Å². The van der Waals surface area contributed by atoms with Gasteiger partial charge in [-0.05, 0) is 30.7 Å². The molecule has 6 nitrogen and oxygen atoms in total. The van der Waals surface area contributed by atoms with Crippen LogP contribution in [0.2, 0.25) is 0 Å². The molecule has 0 bridgehead atoms. The number of hydrogen-bond acceptors (Lipinski definition) is 6. The fourth-order valence-electron chi connectivity index (χ4n) is 2.86. The number of thiazole rings is 1. The molecule has 0 aliphatic rings. The lowest BCUT2D eigenvalue weighted by Gasteiger charge is -2.22. The molecule has 146 valence electrons. The average Bonchev–Trinajstić information content (AvgIpc) is 3.13. The quantitative estimate of drug-likeness (QED) is 0.516. The van der Waals surface area contributed by atoms with Crippen molar-refractivity contribution in [3.8, 4) is 0 Å². The van der Waals surface area contributed by atoms with Crippen LogP contribution in [-0.2, 0) is 27.3 Å². The molecule has 0 saturated heterocycles. The van der Waals surface area contributed by atoms with E-state index in [0.717, 1.165) is 20.8 Å². The van der Waals surface area contributed by atoms with Gasteiger partial charge in [0.1, 0.15) is 0 Å². The zero-order valence-corrected chi connectivity index (χ0v) is 16.7. The maximum Gasteiger partial charge on any atom is 0.307 e. The molecule has 1 aromatic carbocycles. The standard InChI is InChI=1S/C21H23N3O3S/c1-2-27-21(26)11-13-24(15-16-6-5-12-22-14-16)20(25)10-9-19-23-17-7-3-4-8-18(17)28-19/h3-8,12,14H,2,9-11,13,15H2,1H3. The maximum absolute atomic E-state index is 12.8. The van der Waals surface area contributed by atoms with Crippen LogP contribution in [-0.4, -0.2) is 39.9 Å². The lowest BCUT2D eigenvalue weighted by Crippen LogP contribution is -2.33. The van der Waals surface area contributed by atoms with Gasteiger partial charge in [0.25, 0.3) is 0 Å². The van der Waals surface area contributed by atoms with Gasteiger partial charge < -0.3 is 9.64 Å². The number of carbonyl (C=O) groups excluding carboxylic acids is 2. The van der Waals surface area contributed by atoms with Crippen LogP contribution in [0.5, 0.6) is 0 Å². The minimum absolute atomic E-state index is 0.00703. The summed E-state index contributed by atoms with van der Waals surface area (Å²) in [6, 6.07) is 11.7. The molecule has 3 rings (SSSR count). The summed E-state index contributed by atoms with van der Waals surface area (Å²) in [6.07, 6.45) is 4.55. The Morgan fingerprint density at radius 3 is 2.75 bits per heavy atom. The number of carbonyl (C=O) groups is 2. The van der Waals surface area contributed by atoms with E-state index in [1.54, 1.807) is 35.6 Å². The highest BCUT2D eigenvalue weighted by Crippen LogP contribution is 2.22. The summed E-state index contributed by atoms with van der Waals surface area (Å²) < 4.78 is 6.11. The molecule has 0 unspecified atom stereocenters. The molecule has 0 saturated carbocycles. The van der Waals surface area contributed by atoms with Gasteiger partial charge in [0, 0.05) is 38.3 Å². The molecule has 0 radical (unpaired) electrons. The van der Waals surface area contributed by atoms with Gasteiger partial charge in [0.15, 0.2) is 0 Å². The van der Waals surface area contributed by atoms with Crippen molar-refractivity contribution in [3.05, 3.63) is 59.4 Å². The second-order valence-corrected chi connectivity index (χ2v) is 7.42. The summed E-state index contributed by atoms with van der Waals surface area (Å²) in [7, 11) is 0. The number of para-hydroxylation sites is 1. The van der Waals surface area contributed by atoms with Gasteiger partial charge in [-0.2, -0.15) is 0 Å². The Labute approximate surface area is 168 Å². The number of aryl methyl sites for hydroxylation is 1. The number of nitrogens with zero attached hydrogens (tertiary/aromatic N) is 3. The third-order valence-corrected chi connectivity index (χ3v) is 5.33. The highest BCUT2D eigenvalue weighted by atomic mass is 32.1. The smallest absolute Gasteiger partial charge is 0.307 e. The lowest BCUT2D eigenvalue weighted by atomic mass is 10.2. The van der Waals surface area contributed by atoms with Crippen LogP contribution in [0, 0.1) is 0 Å². The fraction of sp³-hybridized carbons (Fsp3) is 0.333. The zero-order chi connectivity index (χ0) is 19.8. The largest absolute Gasteiger partial charge is 0.466 e. The van der Waals surface area contributed by atoms with E-state index in [0.29, 0.717) is 32.5 Å². The number of aromatic nitrogens is 2. The van der Waals surface area contributed by atoms with Gasteiger partial charge >= 0.3 is 5.97 Å². The molecule has 1 amide bonds. The van der Waals surface area contributed by atoms with Gasteiger partial charge in [0.2, 0.25) is 5.91 Å². The van der Waals surface area contributed by atoms with E-state index < -0.39 is 0 Å². The van der Waals surface area contributed by atoms with Crippen LogP contribution >= 0.6 is 11.3 Å². The molecule has 2 aromatic heterocycles. The monoisotopic (exact) mass is 397 g/mol. The second kappa shape index (κ2) is 9.94. The van der Waals surface area contributed by atoms with Gasteiger partial charge in [-0.15, -0.1) is 11.3 Å². The SMILES string of the molecule is CCOC(=O)CCN(Cc1cccnc1)C(=O)CCc1nc2ccccc2s1. The molecule has 0 N–H and O–H groups in total. The zero-order valence-electron chi connectivity index (χ0n) is 15.8. The minimum atomic E-state index is -0.294. The van der Waals surface area contributed by atoms with Crippen molar-refractivity contribution in [3.63, 3.8) is 0 Å². The predicted octanol–water partition coefficient (Wildman–Crippen LogP) is 3.61. The molecular weight excluding hydrogens is 374 g/mol. The fourth-order valence-corrected chi connectivity index (χ4v) is 3.83. The van der Waals surface area contributed by atoms with Crippen molar-refractivity contribution in [2.75, 3.05) is 13.2 Å². The first-order valence-corrected chi connectivity index (χ1v) is 10.1. The number of amides is 1. The second-order valence-electron chi connectivity index (χ2n) is 6.31. The predicted molar refractivity (Wildman–Crippen MR) is 109 cm³/mol. The van der Waals surface area contributed by atoms with E-state index in [4.69, 9.17) is 4.74 Å². The Morgan fingerprint density at radius 2 is 2.00 bits per heavy atom. The van der Waals surface area contributed by atoms with E-state index in [1.165, 1.54) is 0 Å². The first-order valence-electron chi connectivity index (χ1n) is 9.32. The van der Waals surface area contributed by atoms with E-state index in [1.807, 2.05) is 36.4 Å². The van der Waals surface area contributed by atoms with Gasteiger partial charge in [-0.1, -0.05) is 18.2 Å². The summed E-state index contributed by atoms with van der Waals surface area (Å²) in [5, 5.41) is 0.946. The maximum atomic E-state index is 12.8. The third-order valence-electron chi connectivity index (χ3n) is 4.23. The first kappa shape index (κ1) is 19.9. The molecule has 7 heteroatoms. The lowest BCUT2D eigenvalue weighted by molar-refractivity contribution is -0.144. The van der Waals surface area contributed by atoms with Crippen LogP contribution in [0.25, 0.3) is 10.2 Å². The van der Waals surface area contributed by atoms with Gasteiger partial charge in [-0.3, -0.25) is 14.6 Å². The average molecular weight is 398 g/mol. The molecule has 28 heavy (non-hydrogen) atoms. The van der Waals surface area contributed by atoms with Crippen molar-refractivity contribution in [1.82, 2.24) is 14.9 Å². The summed E-state index contributed by atoms with van der Waals surface area (Å²) >= 11 is 1.61. The number of pyridine rings is 1. The van der Waals surface area contributed by atoms with Crippen LogP contribution in [0.4, 0.5) is 0 Å². The van der Waals surface area contributed by atoms with Crippen molar-refractivity contribution in [1.29, 1.82) is 0 Å². The number of hydrogen-bond donors (Lipinski definition) is 0. The third kappa shape index (κ3) is 5.60. The van der Waals surface area contributed by atoms with Gasteiger partial charge in [-0.25, -0.2) is 4.98 Å². The Bertz CT molecular complexity index is 894. The summed E-state index contributed by atoms with van der Waals surface area (Å²) in [4.78, 5) is 34.9. The molecule has 3 aromatic rings. The van der Waals surface area contributed by atoms with Crippen molar-refractivity contribution in [2.24, 2.45) is 0 Å². The molecule has 0 atom stereocenters. The van der Waals surface area contributed by atoms with E-state index in [-0.39, 0.29) is 18.3 Å². The van der Waals surface area contributed by atoms with Crippen molar-refractivity contribution < 1.29 is 14.3 Å². The Balaban J connectivity index is 1.63. The molecule has 2 heterocycles. The molecule has 0 spiro atoms. The van der Waals surface area contributed by atoms with Crippen molar-refractivity contribution >= 4 is 33.4 Å². The number of fused-ring (bicyclic) bond motifs is 1. The number of rotatable bonds is 9. The number of ether oxygens (including phenoxy) is 1. The van der Waals surface area contributed by atoms with Crippen LogP contribution in [0.3, 0.4) is 0 Å². The molecular formula is C21H23N3O3S. The van der Waals surface area contributed by atoms with E-state index >= 15 is 0 Å².